The second-order valence-corrected chi connectivity index (χ2v) is 4.52. The van der Waals surface area contributed by atoms with Crippen LogP contribution in [0, 0.1) is 5.92 Å². The maximum absolute atomic E-state index is 11.1. The number of Topliss-reactive ketones (excluding diaryl/α,β-unsaturated/α-hetero) is 1. The normalized spacial score (nSPS) is 16.6. The lowest BCUT2D eigenvalue weighted by Crippen LogP contribution is -2.26. The van der Waals surface area contributed by atoms with E-state index in [0.717, 1.165) is 18.9 Å². The molecule has 0 aliphatic heterocycles. The first-order valence-electron chi connectivity index (χ1n) is 5.94. The van der Waals surface area contributed by atoms with Crippen LogP contribution in [-0.2, 0) is 9.59 Å². The second kappa shape index (κ2) is 6.59. The van der Waals surface area contributed by atoms with Crippen LogP contribution in [0.1, 0.15) is 51.9 Å². The Kier molecular flexibility index (Phi) is 5.37. The molecule has 1 fully saturated rings. The van der Waals surface area contributed by atoms with Crippen LogP contribution in [0.15, 0.2) is 0 Å². The minimum Gasteiger partial charge on any atom is -0.356 e. The topological polar surface area (TPSA) is 46.2 Å². The van der Waals surface area contributed by atoms with Gasteiger partial charge in [0.15, 0.2) is 0 Å². The minimum atomic E-state index is -0.131. The summed E-state index contributed by atoms with van der Waals surface area (Å²) in [4.78, 5) is 21.8. The smallest absolute Gasteiger partial charge is 0.227 e. The second-order valence-electron chi connectivity index (χ2n) is 4.52. The molecule has 1 N–H and O–H groups in total. The molecule has 3 heteroatoms. The summed E-state index contributed by atoms with van der Waals surface area (Å²) in [6, 6.07) is 0. The van der Waals surface area contributed by atoms with Gasteiger partial charge in [0.25, 0.3) is 0 Å². The maximum Gasteiger partial charge on any atom is 0.227 e. The van der Waals surface area contributed by atoms with Gasteiger partial charge in [0.2, 0.25) is 5.91 Å². The van der Waals surface area contributed by atoms with E-state index in [1.807, 2.05) is 0 Å². The van der Waals surface area contributed by atoms with E-state index in [-0.39, 0.29) is 18.1 Å². The van der Waals surface area contributed by atoms with E-state index in [2.05, 4.69) is 5.32 Å². The molecular formula is C12H21NO2. The zero-order valence-corrected chi connectivity index (χ0v) is 9.55. The molecule has 0 aromatic carbocycles. The molecule has 0 saturated heterocycles. The van der Waals surface area contributed by atoms with Gasteiger partial charge in [0.1, 0.15) is 5.78 Å². The van der Waals surface area contributed by atoms with Crippen molar-refractivity contribution in [2.75, 3.05) is 6.54 Å². The van der Waals surface area contributed by atoms with E-state index < -0.39 is 0 Å². The van der Waals surface area contributed by atoms with E-state index in [4.69, 9.17) is 0 Å². The zero-order valence-electron chi connectivity index (χ0n) is 9.55. The highest BCUT2D eigenvalue weighted by atomic mass is 16.2. The lowest BCUT2D eigenvalue weighted by Gasteiger charge is -2.08. The van der Waals surface area contributed by atoms with Gasteiger partial charge in [-0.3, -0.25) is 9.59 Å². The van der Waals surface area contributed by atoms with Crippen molar-refractivity contribution in [3.05, 3.63) is 0 Å². The molecule has 0 radical (unpaired) electrons. The van der Waals surface area contributed by atoms with Gasteiger partial charge in [-0.05, 0) is 25.7 Å². The van der Waals surface area contributed by atoms with Crippen LogP contribution in [0.4, 0.5) is 0 Å². The Hall–Kier alpha value is -0.860. The summed E-state index contributed by atoms with van der Waals surface area (Å²) in [5.41, 5.74) is 0. The summed E-state index contributed by atoms with van der Waals surface area (Å²) in [7, 11) is 0. The van der Waals surface area contributed by atoms with Crippen LogP contribution in [0.2, 0.25) is 0 Å². The highest BCUT2D eigenvalue weighted by Crippen LogP contribution is 2.28. The van der Waals surface area contributed by atoms with Crippen molar-refractivity contribution < 1.29 is 9.59 Å². The third-order valence-electron chi connectivity index (χ3n) is 3.00. The Bertz CT molecular complexity index is 220. The zero-order chi connectivity index (χ0) is 11.1. The molecule has 1 aliphatic carbocycles. The molecule has 0 aromatic heterocycles. The molecule has 1 saturated carbocycles. The average Bonchev–Trinajstić information content (AvgIpc) is 2.63. The van der Waals surface area contributed by atoms with Crippen molar-refractivity contribution in [3.8, 4) is 0 Å². The molecule has 0 aromatic rings. The van der Waals surface area contributed by atoms with Crippen LogP contribution in [0.25, 0.3) is 0 Å². The van der Waals surface area contributed by atoms with Crippen molar-refractivity contribution in [1.82, 2.24) is 5.32 Å². The summed E-state index contributed by atoms with van der Waals surface area (Å²) >= 11 is 0. The van der Waals surface area contributed by atoms with Gasteiger partial charge in [-0.25, -0.2) is 0 Å². The summed E-state index contributed by atoms with van der Waals surface area (Å²) in [5.74, 6) is 0.687. The molecule has 15 heavy (non-hydrogen) atoms. The Balaban J connectivity index is 1.96. The Morgan fingerprint density at radius 3 is 2.53 bits per heavy atom. The molecule has 1 amide bonds. The first-order chi connectivity index (χ1) is 7.18. The van der Waals surface area contributed by atoms with E-state index >= 15 is 0 Å². The monoisotopic (exact) mass is 211 g/mol. The molecule has 0 unspecified atom stereocenters. The van der Waals surface area contributed by atoms with Gasteiger partial charge < -0.3 is 5.32 Å². The van der Waals surface area contributed by atoms with Crippen molar-refractivity contribution in [2.24, 2.45) is 5.92 Å². The van der Waals surface area contributed by atoms with Crippen LogP contribution in [0.3, 0.4) is 0 Å². The SMILES string of the molecule is CC(=O)CC(=O)NCCCC1CCCC1. The van der Waals surface area contributed by atoms with Gasteiger partial charge >= 0.3 is 0 Å². The lowest BCUT2D eigenvalue weighted by molar-refractivity contribution is -0.127. The highest BCUT2D eigenvalue weighted by Gasteiger charge is 2.14. The first-order valence-corrected chi connectivity index (χ1v) is 5.94. The largest absolute Gasteiger partial charge is 0.356 e. The number of carbonyl (C=O) groups excluding carboxylic acids is 2. The number of rotatable bonds is 6. The number of carbonyl (C=O) groups is 2. The lowest BCUT2D eigenvalue weighted by atomic mass is 10.0. The summed E-state index contributed by atoms with van der Waals surface area (Å²) < 4.78 is 0. The molecule has 0 bridgehead atoms. The van der Waals surface area contributed by atoms with Crippen LogP contribution < -0.4 is 5.32 Å². The average molecular weight is 211 g/mol. The Labute approximate surface area is 91.6 Å². The van der Waals surface area contributed by atoms with Gasteiger partial charge in [0.05, 0.1) is 6.42 Å². The predicted octanol–water partition coefficient (Wildman–Crippen LogP) is 2.05. The standard InChI is InChI=1S/C12H21NO2/c1-10(14)9-12(15)13-8-4-7-11-5-2-3-6-11/h11H,2-9H2,1H3,(H,13,15). The number of nitrogens with one attached hydrogen (secondary N) is 1. The maximum atomic E-state index is 11.1. The summed E-state index contributed by atoms with van der Waals surface area (Å²) in [6.45, 7) is 2.17. The van der Waals surface area contributed by atoms with E-state index in [0.29, 0.717) is 0 Å². The molecule has 3 nitrogen and oxygen atoms in total. The molecule has 86 valence electrons. The molecule has 0 atom stereocenters. The number of hydrogen-bond donors (Lipinski definition) is 1. The Morgan fingerprint density at radius 2 is 1.93 bits per heavy atom. The number of hydrogen-bond acceptors (Lipinski definition) is 2. The van der Waals surface area contributed by atoms with Gasteiger partial charge in [-0.15, -0.1) is 0 Å². The third-order valence-corrected chi connectivity index (χ3v) is 3.00. The van der Waals surface area contributed by atoms with Crippen molar-refractivity contribution in [1.29, 1.82) is 0 Å². The molecular weight excluding hydrogens is 190 g/mol. The molecule has 1 aliphatic rings. The van der Waals surface area contributed by atoms with Crippen molar-refractivity contribution in [2.45, 2.75) is 51.9 Å². The van der Waals surface area contributed by atoms with Gasteiger partial charge in [-0.2, -0.15) is 0 Å². The number of ketones is 1. The summed E-state index contributed by atoms with van der Waals surface area (Å²) in [5, 5.41) is 2.78. The minimum absolute atomic E-state index is 0.0312. The van der Waals surface area contributed by atoms with Crippen molar-refractivity contribution in [3.63, 3.8) is 0 Å². The van der Waals surface area contributed by atoms with Crippen molar-refractivity contribution >= 4 is 11.7 Å². The van der Waals surface area contributed by atoms with Crippen LogP contribution in [-0.4, -0.2) is 18.2 Å². The predicted molar refractivity (Wildman–Crippen MR) is 59.5 cm³/mol. The fourth-order valence-corrected chi connectivity index (χ4v) is 2.21. The van der Waals surface area contributed by atoms with Crippen LogP contribution in [0.5, 0.6) is 0 Å². The van der Waals surface area contributed by atoms with E-state index in [9.17, 15) is 9.59 Å². The summed E-state index contributed by atoms with van der Waals surface area (Å²) in [6.07, 6.45) is 7.78. The first kappa shape index (κ1) is 12.2. The molecule has 0 spiro atoms. The fraction of sp³-hybridized carbons (Fsp3) is 0.833. The fourth-order valence-electron chi connectivity index (χ4n) is 2.21. The quantitative estimate of drug-likeness (QED) is 0.540. The molecule has 0 heterocycles. The van der Waals surface area contributed by atoms with Crippen LogP contribution >= 0.6 is 0 Å². The van der Waals surface area contributed by atoms with E-state index in [1.54, 1.807) is 0 Å². The van der Waals surface area contributed by atoms with Gasteiger partial charge in [0, 0.05) is 6.54 Å². The highest BCUT2D eigenvalue weighted by molar-refractivity contribution is 5.96. The molecule has 1 rings (SSSR count). The third kappa shape index (κ3) is 5.55. The van der Waals surface area contributed by atoms with Gasteiger partial charge in [-0.1, -0.05) is 25.7 Å². The Morgan fingerprint density at radius 1 is 1.27 bits per heavy atom. The van der Waals surface area contributed by atoms with E-state index in [1.165, 1.54) is 39.0 Å². The number of amides is 1.